The summed E-state index contributed by atoms with van der Waals surface area (Å²) >= 11 is 0. The highest BCUT2D eigenvalue weighted by Crippen LogP contribution is 2.08. The van der Waals surface area contributed by atoms with Gasteiger partial charge < -0.3 is 10.6 Å². The lowest BCUT2D eigenvalue weighted by Gasteiger charge is -2.06. The Bertz CT molecular complexity index is 385. The summed E-state index contributed by atoms with van der Waals surface area (Å²) in [7, 11) is 0. The Balaban J connectivity index is 2.43. The van der Waals surface area contributed by atoms with Gasteiger partial charge in [0.15, 0.2) is 0 Å². The predicted molar refractivity (Wildman–Crippen MR) is 67.7 cm³/mol. The first kappa shape index (κ1) is 13.2. The molecule has 1 rings (SSSR count). The molecular weight excluding hydrogens is 216 g/mol. The molecule has 1 aromatic rings. The van der Waals surface area contributed by atoms with Crippen molar-refractivity contribution in [1.82, 2.24) is 5.32 Å². The van der Waals surface area contributed by atoms with Crippen molar-refractivity contribution >= 4 is 17.5 Å². The number of rotatable bonds is 4. The van der Waals surface area contributed by atoms with E-state index >= 15 is 0 Å². The first-order valence-corrected chi connectivity index (χ1v) is 5.79. The van der Waals surface area contributed by atoms with E-state index in [1.165, 1.54) is 0 Å². The third-order valence-electron chi connectivity index (χ3n) is 2.33. The number of nitrogens with one attached hydrogen (secondary N) is 2. The van der Waals surface area contributed by atoms with Crippen molar-refractivity contribution in [1.29, 1.82) is 0 Å². The van der Waals surface area contributed by atoms with Crippen molar-refractivity contribution in [2.75, 3.05) is 11.9 Å². The summed E-state index contributed by atoms with van der Waals surface area (Å²) in [5.41, 5.74) is 1.74. The summed E-state index contributed by atoms with van der Waals surface area (Å²) in [4.78, 5) is 22.8. The molecule has 0 bridgehead atoms. The fraction of sp³-hybridized carbons (Fsp3) is 0.385. The highest BCUT2D eigenvalue weighted by Gasteiger charge is 2.12. The van der Waals surface area contributed by atoms with Crippen molar-refractivity contribution in [3.05, 3.63) is 29.8 Å². The molecule has 0 radical (unpaired) electrons. The number of hydrogen-bond donors (Lipinski definition) is 2. The van der Waals surface area contributed by atoms with Crippen LogP contribution in [-0.4, -0.2) is 18.4 Å². The zero-order valence-corrected chi connectivity index (χ0v) is 10.2. The van der Waals surface area contributed by atoms with Crippen molar-refractivity contribution in [3.8, 4) is 0 Å². The summed E-state index contributed by atoms with van der Waals surface area (Å²) in [5.74, 6) is -1.20. The molecule has 0 saturated carbocycles. The second-order valence-corrected chi connectivity index (χ2v) is 3.93. The van der Waals surface area contributed by atoms with Crippen LogP contribution in [0.3, 0.4) is 0 Å². The van der Waals surface area contributed by atoms with E-state index in [4.69, 9.17) is 0 Å². The number of benzene rings is 1. The number of hydrogen-bond acceptors (Lipinski definition) is 2. The third-order valence-corrected chi connectivity index (χ3v) is 2.33. The lowest BCUT2D eigenvalue weighted by molar-refractivity contribution is -0.136. The molecular formula is C13H18N2O2. The Kier molecular flexibility index (Phi) is 5.20. The van der Waals surface area contributed by atoms with Gasteiger partial charge in [-0.2, -0.15) is 0 Å². The number of unbranched alkanes of at least 4 members (excludes halogenated alkanes) is 1. The lowest BCUT2D eigenvalue weighted by Crippen LogP contribution is -2.35. The standard InChI is InChI=1S/C13H18N2O2/c1-3-4-9-14-12(16)13(17)15-11-7-5-10(2)6-8-11/h5-8H,3-4,9H2,1-2H3,(H,14,16)(H,15,17). The van der Waals surface area contributed by atoms with Gasteiger partial charge in [-0.3, -0.25) is 9.59 Å². The molecule has 0 heterocycles. The van der Waals surface area contributed by atoms with Gasteiger partial charge in [0.25, 0.3) is 0 Å². The molecule has 4 heteroatoms. The Morgan fingerprint density at radius 2 is 1.76 bits per heavy atom. The van der Waals surface area contributed by atoms with E-state index in [-0.39, 0.29) is 0 Å². The largest absolute Gasteiger partial charge is 0.348 e. The average Bonchev–Trinajstić information content (AvgIpc) is 2.32. The van der Waals surface area contributed by atoms with Crippen LogP contribution in [0, 0.1) is 6.92 Å². The van der Waals surface area contributed by atoms with Gasteiger partial charge in [-0.1, -0.05) is 31.0 Å². The maximum Gasteiger partial charge on any atom is 0.313 e. The number of carbonyl (C=O) groups is 2. The third kappa shape index (κ3) is 4.68. The molecule has 17 heavy (non-hydrogen) atoms. The monoisotopic (exact) mass is 234 g/mol. The van der Waals surface area contributed by atoms with E-state index in [0.29, 0.717) is 12.2 Å². The molecule has 1 aromatic carbocycles. The molecule has 92 valence electrons. The van der Waals surface area contributed by atoms with Gasteiger partial charge in [0.05, 0.1) is 0 Å². The van der Waals surface area contributed by atoms with E-state index in [2.05, 4.69) is 10.6 Å². The minimum Gasteiger partial charge on any atom is -0.348 e. The maximum atomic E-state index is 11.5. The normalized spacial score (nSPS) is 9.76. The van der Waals surface area contributed by atoms with Crippen LogP contribution in [0.2, 0.25) is 0 Å². The van der Waals surface area contributed by atoms with Crippen molar-refractivity contribution in [2.24, 2.45) is 0 Å². The molecule has 0 unspecified atom stereocenters. The average molecular weight is 234 g/mol. The van der Waals surface area contributed by atoms with Gasteiger partial charge in [-0.05, 0) is 25.5 Å². The summed E-state index contributed by atoms with van der Waals surface area (Å²) in [6.07, 6.45) is 1.86. The van der Waals surface area contributed by atoms with E-state index in [0.717, 1.165) is 18.4 Å². The first-order chi connectivity index (χ1) is 8.13. The molecule has 0 aromatic heterocycles. The summed E-state index contributed by atoms with van der Waals surface area (Å²) in [5, 5.41) is 5.11. The zero-order valence-electron chi connectivity index (χ0n) is 10.2. The summed E-state index contributed by atoms with van der Waals surface area (Å²) in [6.45, 7) is 4.53. The lowest BCUT2D eigenvalue weighted by atomic mass is 10.2. The van der Waals surface area contributed by atoms with Crippen LogP contribution in [0.25, 0.3) is 0 Å². The van der Waals surface area contributed by atoms with E-state index < -0.39 is 11.8 Å². The highest BCUT2D eigenvalue weighted by atomic mass is 16.2. The Hall–Kier alpha value is -1.84. The van der Waals surface area contributed by atoms with Crippen LogP contribution in [0.15, 0.2) is 24.3 Å². The number of carbonyl (C=O) groups excluding carboxylic acids is 2. The highest BCUT2D eigenvalue weighted by molar-refractivity contribution is 6.39. The van der Waals surface area contributed by atoms with Gasteiger partial charge in [0.2, 0.25) is 0 Å². The van der Waals surface area contributed by atoms with Crippen LogP contribution in [-0.2, 0) is 9.59 Å². The van der Waals surface area contributed by atoms with Crippen molar-refractivity contribution in [2.45, 2.75) is 26.7 Å². The molecule has 0 spiro atoms. The van der Waals surface area contributed by atoms with E-state index in [1.807, 2.05) is 26.0 Å². The molecule has 2 N–H and O–H groups in total. The van der Waals surface area contributed by atoms with Gasteiger partial charge in [-0.15, -0.1) is 0 Å². The molecule has 0 atom stereocenters. The van der Waals surface area contributed by atoms with Gasteiger partial charge in [-0.25, -0.2) is 0 Å². The predicted octanol–water partition coefficient (Wildman–Crippen LogP) is 1.85. The molecule has 0 aliphatic carbocycles. The number of aryl methyl sites for hydroxylation is 1. The molecule has 0 saturated heterocycles. The van der Waals surface area contributed by atoms with E-state index in [1.54, 1.807) is 12.1 Å². The minimum absolute atomic E-state index is 0.538. The van der Waals surface area contributed by atoms with Crippen molar-refractivity contribution in [3.63, 3.8) is 0 Å². The van der Waals surface area contributed by atoms with Crippen LogP contribution in [0.5, 0.6) is 0 Å². The Morgan fingerprint density at radius 3 is 2.35 bits per heavy atom. The second kappa shape index (κ2) is 6.68. The summed E-state index contributed by atoms with van der Waals surface area (Å²) < 4.78 is 0. The van der Waals surface area contributed by atoms with E-state index in [9.17, 15) is 9.59 Å². The fourth-order valence-corrected chi connectivity index (χ4v) is 1.28. The number of anilines is 1. The molecule has 0 fully saturated rings. The topological polar surface area (TPSA) is 58.2 Å². The van der Waals surface area contributed by atoms with Gasteiger partial charge in [0.1, 0.15) is 0 Å². The second-order valence-electron chi connectivity index (χ2n) is 3.93. The molecule has 0 aliphatic heterocycles. The van der Waals surface area contributed by atoms with Crippen LogP contribution >= 0.6 is 0 Å². The SMILES string of the molecule is CCCCNC(=O)C(=O)Nc1ccc(C)cc1. The fourth-order valence-electron chi connectivity index (χ4n) is 1.28. The van der Waals surface area contributed by atoms with Gasteiger partial charge in [0, 0.05) is 12.2 Å². The van der Waals surface area contributed by atoms with Crippen molar-refractivity contribution < 1.29 is 9.59 Å². The Morgan fingerprint density at radius 1 is 1.12 bits per heavy atom. The first-order valence-electron chi connectivity index (χ1n) is 5.79. The number of amides is 2. The quantitative estimate of drug-likeness (QED) is 0.617. The summed E-state index contributed by atoms with van der Waals surface area (Å²) in [6, 6.07) is 7.30. The van der Waals surface area contributed by atoms with Gasteiger partial charge >= 0.3 is 11.8 Å². The van der Waals surface area contributed by atoms with Crippen LogP contribution < -0.4 is 10.6 Å². The zero-order chi connectivity index (χ0) is 12.7. The Labute approximate surface area is 101 Å². The maximum absolute atomic E-state index is 11.5. The van der Waals surface area contributed by atoms with Crippen LogP contribution in [0.1, 0.15) is 25.3 Å². The molecule has 2 amide bonds. The molecule has 0 aliphatic rings. The van der Waals surface area contributed by atoms with Crippen LogP contribution in [0.4, 0.5) is 5.69 Å². The minimum atomic E-state index is -0.620. The molecule has 4 nitrogen and oxygen atoms in total. The smallest absolute Gasteiger partial charge is 0.313 e.